The molecule has 0 aromatic heterocycles. The number of hydrogen-bond acceptors (Lipinski definition) is 6. The zero-order chi connectivity index (χ0) is 14.8. The average Bonchev–Trinajstić information content (AvgIpc) is 2.41. The minimum Gasteiger partial charge on any atom is -0.313 e. The van der Waals surface area contributed by atoms with Crippen molar-refractivity contribution in [1.82, 2.24) is 14.9 Å². The molecule has 1 aromatic carbocycles. The van der Waals surface area contributed by atoms with Crippen LogP contribution in [0.2, 0.25) is 0 Å². The van der Waals surface area contributed by atoms with Crippen LogP contribution in [0.1, 0.15) is 0 Å². The number of nitro groups is 1. The molecule has 8 nitrogen and oxygen atoms in total. The largest absolute Gasteiger partial charge is 0.313 e. The highest BCUT2D eigenvalue weighted by Crippen LogP contribution is 2.23. The predicted octanol–water partition coefficient (Wildman–Crippen LogP) is -0.266. The Morgan fingerprint density at radius 2 is 2.15 bits per heavy atom. The van der Waals surface area contributed by atoms with E-state index in [9.17, 15) is 18.5 Å². The molecule has 2 N–H and O–H groups in total. The van der Waals surface area contributed by atoms with E-state index in [1.807, 2.05) is 4.90 Å². The molecule has 0 amide bonds. The summed E-state index contributed by atoms with van der Waals surface area (Å²) < 4.78 is 27.1. The molecule has 1 aliphatic heterocycles. The van der Waals surface area contributed by atoms with Crippen LogP contribution in [0.25, 0.3) is 0 Å². The molecule has 0 radical (unpaired) electrons. The van der Waals surface area contributed by atoms with Crippen LogP contribution >= 0.6 is 0 Å². The summed E-state index contributed by atoms with van der Waals surface area (Å²) in [7, 11) is -2.14. The lowest BCUT2D eigenvalue weighted by Gasteiger charge is -2.33. The number of nitro benzene ring substituents is 1. The summed E-state index contributed by atoms with van der Waals surface area (Å²) in [4.78, 5) is 11.8. The lowest BCUT2D eigenvalue weighted by atomic mass is 10.3. The first-order valence-corrected chi connectivity index (χ1v) is 7.57. The van der Waals surface area contributed by atoms with Gasteiger partial charge in [-0.25, -0.2) is 8.42 Å². The molecular weight excluding hydrogens is 284 g/mol. The highest BCUT2D eigenvalue weighted by atomic mass is 32.2. The van der Waals surface area contributed by atoms with Gasteiger partial charge >= 0.3 is 0 Å². The zero-order valence-electron chi connectivity index (χ0n) is 10.9. The summed E-state index contributed by atoms with van der Waals surface area (Å²) in [6.07, 6.45) is -0.423. The van der Waals surface area contributed by atoms with Gasteiger partial charge in [-0.1, -0.05) is 12.1 Å². The van der Waals surface area contributed by atoms with Crippen molar-refractivity contribution < 1.29 is 13.3 Å². The van der Waals surface area contributed by atoms with Crippen LogP contribution in [0.3, 0.4) is 0 Å². The summed E-state index contributed by atoms with van der Waals surface area (Å²) >= 11 is 0. The number of rotatable bonds is 4. The summed E-state index contributed by atoms with van der Waals surface area (Å²) in [5, 5.41) is 14.0. The molecule has 20 heavy (non-hydrogen) atoms. The second-order valence-electron chi connectivity index (χ2n) is 4.55. The molecule has 0 aliphatic carbocycles. The molecule has 9 heteroatoms. The van der Waals surface area contributed by atoms with Gasteiger partial charge in [0.25, 0.3) is 5.69 Å². The number of hydrogen-bond donors (Lipinski definition) is 2. The molecule has 1 unspecified atom stereocenters. The van der Waals surface area contributed by atoms with Crippen LogP contribution in [0.15, 0.2) is 29.2 Å². The van der Waals surface area contributed by atoms with Crippen molar-refractivity contribution in [3.05, 3.63) is 34.4 Å². The van der Waals surface area contributed by atoms with Crippen molar-refractivity contribution in [2.45, 2.75) is 11.1 Å². The first kappa shape index (κ1) is 14.9. The number of piperazine rings is 1. The van der Waals surface area contributed by atoms with Crippen LogP contribution in [0.5, 0.6) is 0 Å². The maximum absolute atomic E-state index is 12.3. The molecule has 0 spiro atoms. The smallest absolute Gasteiger partial charge is 0.289 e. The predicted molar refractivity (Wildman–Crippen MR) is 72.7 cm³/mol. The van der Waals surface area contributed by atoms with Gasteiger partial charge in [0.1, 0.15) is 0 Å². The van der Waals surface area contributed by atoms with Gasteiger partial charge in [-0.05, 0) is 13.1 Å². The van der Waals surface area contributed by atoms with Crippen molar-refractivity contribution in [2.24, 2.45) is 0 Å². The maximum Gasteiger partial charge on any atom is 0.289 e. The Balaban J connectivity index is 2.29. The van der Waals surface area contributed by atoms with E-state index in [0.29, 0.717) is 13.1 Å². The molecular formula is C11H16N4O4S. The lowest BCUT2D eigenvalue weighted by Crippen LogP contribution is -2.57. The van der Waals surface area contributed by atoms with Gasteiger partial charge in [0.05, 0.1) is 11.1 Å². The number of sulfonamides is 1. The fraction of sp³-hybridized carbons (Fsp3) is 0.455. The van der Waals surface area contributed by atoms with Crippen LogP contribution < -0.4 is 10.0 Å². The van der Waals surface area contributed by atoms with Gasteiger partial charge in [0.15, 0.2) is 4.90 Å². The van der Waals surface area contributed by atoms with Gasteiger partial charge in [0, 0.05) is 25.7 Å². The van der Waals surface area contributed by atoms with Crippen molar-refractivity contribution >= 4 is 15.7 Å². The normalized spacial score (nSPS) is 20.8. The van der Waals surface area contributed by atoms with Gasteiger partial charge in [0.2, 0.25) is 10.0 Å². The van der Waals surface area contributed by atoms with E-state index >= 15 is 0 Å². The highest BCUT2D eigenvalue weighted by molar-refractivity contribution is 7.89. The minimum absolute atomic E-state index is 0.316. The first-order chi connectivity index (χ1) is 9.42. The summed E-state index contributed by atoms with van der Waals surface area (Å²) in [5.41, 5.74) is -0.425. The molecule has 1 saturated heterocycles. The third-order valence-corrected chi connectivity index (χ3v) is 4.66. The molecule has 1 aliphatic rings. The van der Waals surface area contributed by atoms with Crippen LogP contribution in [-0.4, -0.2) is 51.1 Å². The third-order valence-electron chi connectivity index (χ3n) is 3.15. The number of nitrogens with one attached hydrogen (secondary N) is 2. The number of nitrogens with zero attached hydrogens (tertiary/aromatic N) is 2. The van der Waals surface area contributed by atoms with Crippen molar-refractivity contribution in [3.8, 4) is 0 Å². The average molecular weight is 300 g/mol. The molecule has 1 atom stereocenters. The van der Waals surface area contributed by atoms with Crippen molar-refractivity contribution in [1.29, 1.82) is 0 Å². The Bertz CT molecular complexity index is 604. The van der Waals surface area contributed by atoms with Crippen LogP contribution in [0, 0.1) is 10.1 Å². The Morgan fingerprint density at radius 1 is 1.45 bits per heavy atom. The molecule has 0 saturated carbocycles. The lowest BCUT2D eigenvalue weighted by molar-refractivity contribution is -0.387. The summed E-state index contributed by atoms with van der Waals surface area (Å²) in [6, 6.07) is 5.31. The first-order valence-electron chi connectivity index (χ1n) is 6.08. The molecule has 0 bridgehead atoms. The standard InChI is InChI=1S/C11H16N4O4S/c1-14-7-6-12-8-11(14)13-20(18,19)10-5-3-2-4-9(10)15(16)17/h2-5,11-13H,6-8H2,1H3. The Morgan fingerprint density at radius 3 is 2.80 bits per heavy atom. The Hall–Kier alpha value is -1.55. The highest BCUT2D eigenvalue weighted by Gasteiger charge is 2.29. The third kappa shape index (κ3) is 3.12. The minimum atomic E-state index is -3.94. The Kier molecular flexibility index (Phi) is 4.33. The van der Waals surface area contributed by atoms with Crippen LogP contribution in [0.4, 0.5) is 5.69 Å². The molecule has 2 rings (SSSR count). The van der Waals surface area contributed by atoms with E-state index in [4.69, 9.17) is 0 Å². The van der Waals surface area contributed by atoms with Gasteiger partial charge in [-0.3, -0.25) is 15.0 Å². The number of likely N-dealkylation sites (N-methyl/N-ethyl adjacent to an activating group) is 1. The Labute approximate surface area is 117 Å². The number of para-hydroxylation sites is 1. The molecule has 1 aromatic rings. The summed E-state index contributed by atoms with van der Waals surface area (Å²) in [5.74, 6) is 0. The van der Waals surface area contributed by atoms with Crippen molar-refractivity contribution in [2.75, 3.05) is 26.7 Å². The van der Waals surface area contributed by atoms with E-state index in [2.05, 4.69) is 10.0 Å². The monoisotopic (exact) mass is 300 g/mol. The molecule has 110 valence electrons. The topological polar surface area (TPSA) is 105 Å². The fourth-order valence-electron chi connectivity index (χ4n) is 2.02. The SMILES string of the molecule is CN1CCNCC1NS(=O)(=O)c1ccccc1[N+](=O)[O-]. The quantitative estimate of drug-likeness (QED) is 0.586. The second-order valence-corrected chi connectivity index (χ2v) is 6.23. The van der Waals surface area contributed by atoms with Gasteiger partial charge in [-0.15, -0.1) is 0 Å². The van der Waals surface area contributed by atoms with Gasteiger partial charge in [-0.2, -0.15) is 4.72 Å². The van der Waals surface area contributed by atoms with E-state index < -0.39 is 26.8 Å². The second kappa shape index (κ2) is 5.83. The molecule has 1 heterocycles. The maximum atomic E-state index is 12.3. The van der Waals surface area contributed by atoms with E-state index in [1.54, 1.807) is 7.05 Å². The van der Waals surface area contributed by atoms with E-state index in [-0.39, 0.29) is 4.90 Å². The van der Waals surface area contributed by atoms with E-state index in [0.717, 1.165) is 6.54 Å². The zero-order valence-corrected chi connectivity index (χ0v) is 11.8. The summed E-state index contributed by atoms with van der Waals surface area (Å²) in [6.45, 7) is 1.93. The van der Waals surface area contributed by atoms with Gasteiger partial charge < -0.3 is 5.32 Å². The fourth-order valence-corrected chi connectivity index (χ4v) is 3.44. The van der Waals surface area contributed by atoms with E-state index in [1.165, 1.54) is 24.3 Å². The number of benzene rings is 1. The molecule has 1 fully saturated rings. The van der Waals surface area contributed by atoms with Crippen LogP contribution in [-0.2, 0) is 10.0 Å². The van der Waals surface area contributed by atoms with Crippen molar-refractivity contribution in [3.63, 3.8) is 0 Å².